The molecule has 1 aliphatic heterocycles. The Balaban J connectivity index is 3.10. The fraction of sp³-hybridized carbons (Fsp3) is 0.900. The summed E-state index contributed by atoms with van der Waals surface area (Å²) in [5, 5.41) is 1.96. The molecule has 20 heteroatoms. The standard InChI is InChI=1S/C10H13F7N4O6S3/c11-8(12,7-28(22,23)21-5-3-20(2-1-18)4-6-21)9(13,14)29(24,25)19-30(26,27)10(15,16)17/h19H,2-7H2. The minimum atomic E-state index is -7.25. The number of halogens is 7. The zero-order valence-corrected chi connectivity index (χ0v) is 16.9. The Hall–Kier alpha value is -1.27. The van der Waals surface area contributed by atoms with Gasteiger partial charge in [0.25, 0.3) is 10.0 Å². The van der Waals surface area contributed by atoms with E-state index in [2.05, 4.69) is 0 Å². The first-order chi connectivity index (χ1) is 13.2. The van der Waals surface area contributed by atoms with E-state index in [4.69, 9.17) is 5.26 Å². The van der Waals surface area contributed by atoms with Crippen molar-refractivity contribution in [2.75, 3.05) is 38.5 Å². The van der Waals surface area contributed by atoms with E-state index in [1.165, 1.54) is 4.90 Å². The Morgan fingerprint density at radius 3 is 1.70 bits per heavy atom. The van der Waals surface area contributed by atoms with Crippen LogP contribution in [0.15, 0.2) is 0 Å². The number of piperazine rings is 1. The predicted octanol–water partition coefficient (Wildman–Crippen LogP) is -0.546. The average Bonchev–Trinajstić information content (AvgIpc) is 2.52. The molecular weight excluding hydrogens is 501 g/mol. The average molecular weight is 514 g/mol. The van der Waals surface area contributed by atoms with E-state index in [1.54, 1.807) is 6.07 Å². The van der Waals surface area contributed by atoms with Crippen LogP contribution >= 0.6 is 0 Å². The minimum absolute atomic E-state index is 0.139. The van der Waals surface area contributed by atoms with Gasteiger partial charge < -0.3 is 0 Å². The van der Waals surface area contributed by atoms with Crippen LogP contribution < -0.4 is 4.13 Å². The summed E-state index contributed by atoms with van der Waals surface area (Å²) in [7, 11) is -19.5. The molecule has 0 spiro atoms. The van der Waals surface area contributed by atoms with E-state index in [1.807, 2.05) is 0 Å². The SMILES string of the molecule is N#CCN1CCN(S(=O)(=O)CC(F)(F)C(F)(F)S(=O)(=O)NS(=O)(=O)C(F)(F)F)CC1. The molecule has 0 aliphatic carbocycles. The second-order valence-electron chi connectivity index (χ2n) is 5.85. The normalized spacial score (nSPS) is 18.9. The second-order valence-corrected chi connectivity index (χ2v) is 11.5. The number of nitriles is 1. The molecule has 0 aromatic carbocycles. The van der Waals surface area contributed by atoms with Crippen molar-refractivity contribution in [1.82, 2.24) is 13.3 Å². The maximum atomic E-state index is 13.9. The summed E-state index contributed by atoms with van der Waals surface area (Å²) in [6, 6.07) is 1.73. The number of alkyl halides is 7. The Bertz CT molecular complexity index is 996. The quantitative estimate of drug-likeness (QED) is 0.336. The minimum Gasteiger partial charge on any atom is -0.288 e. The molecule has 1 N–H and O–H groups in total. The first-order valence-corrected chi connectivity index (χ1v) is 11.9. The van der Waals surface area contributed by atoms with E-state index in [-0.39, 0.29) is 19.6 Å². The summed E-state index contributed by atoms with van der Waals surface area (Å²) in [6.45, 7) is -1.45. The van der Waals surface area contributed by atoms with E-state index in [9.17, 15) is 56.0 Å². The Morgan fingerprint density at radius 1 is 0.833 bits per heavy atom. The van der Waals surface area contributed by atoms with Gasteiger partial charge in [0.1, 0.15) is 5.75 Å². The van der Waals surface area contributed by atoms with Crippen LogP contribution in [0.3, 0.4) is 0 Å². The highest BCUT2D eigenvalue weighted by Crippen LogP contribution is 2.40. The molecule has 1 fully saturated rings. The van der Waals surface area contributed by atoms with Gasteiger partial charge in [-0.2, -0.15) is 40.3 Å². The fourth-order valence-electron chi connectivity index (χ4n) is 2.11. The summed E-state index contributed by atoms with van der Waals surface area (Å²) >= 11 is 0. The van der Waals surface area contributed by atoms with Crippen LogP contribution in [0.2, 0.25) is 0 Å². The monoisotopic (exact) mass is 514 g/mol. The van der Waals surface area contributed by atoms with Gasteiger partial charge in [-0.15, -0.1) is 0 Å². The topological polar surface area (TPSA) is 145 Å². The smallest absolute Gasteiger partial charge is 0.288 e. The van der Waals surface area contributed by atoms with Crippen molar-refractivity contribution < 1.29 is 56.0 Å². The van der Waals surface area contributed by atoms with Crippen molar-refractivity contribution in [1.29, 1.82) is 5.26 Å². The van der Waals surface area contributed by atoms with Gasteiger partial charge in [-0.25, -0.2) is 25.3 Å². The molecule has 1 rings (SSSR count). The molecule has 0 radical (unpaired) electrons. The molecule has 0 unspecified atom stereocenters. The van der Waals surface area contributed by atoms with E-state index in [0.29, 0.717) is 4.31 Å². The van der Waals surface area contributed by atoms with Gasteiger partial charge in [-0.05, 0) is 0 Å². The van der Waals surface area contributed by atoms with E-state index in [0.717, 1.165) is 0 Å². The zero-order chi connectivity index (χ0) is 23.8. The van der Waals surface area contributed by atoms with Crippen LogP contribution in [0.4, 0.5) is 30.7 Å². The van der Waals surface area contributed by atoms with Crippen molar-refractivity contribution in [3.63, 3.8) is 0 Å². The highest BCUT2D eigenvalue weighted by molar-refractivity contribution is 8.05. The third kappa shape index (κ3) is 5.50. The van der Waals surface area contributed by atoms with Crippen LogP contribution in [0.25, 0.3) is 0 Å². The lowest BCUT2D eigenvalue weighted by Crippen LogP contribution is -2.59. The van der Waals surface area contributed by atoms with Crippen molar-refractivity contribution >= 4 is 30.1 Å². The Morgan fingerprint density at radius 2 is 1.30 bits per heavy atom. The maximum Gasteiger partial charge on any atom is 0.512 e. The molecule has 0 amide bonds. The van der Waals surface area contributed by atoms with Crippen molar-refractivity contribution in [2.24, 2.45) is 0 Å². The molecule has 10 nitrogen and oxygen atoms in total. The summed E-state index contributed by atoms with van der Waals surface area (Å²) in [4.78, 5) is 1.40. The molecule has 1 heterocycles. The summed E-state index contributed by atoms with van der Waals surface area (Å²) in [5.41, 5.74) is -6.43. The molecule has 1 aliphatic rings. The highest BCUT2D eigenvalue weighted by atomic mass is 32.3. The second kappa shape index (κ2) is 8.34. The van der Waals surface area contributed by atoms with Crippen LogP contribution in [0, 0.1) is 11.3 Å². The lowest BCUT2D eigenvalue weighted by molar-refractivity contribution is -0.141. The molecule has 0 saturated carbocycles. The van der Waals surface area contributed by atoms with Crippen molar-refractivity contribution in [2.45, 2.75) is 16.7 Å². The number of nitrogens with zero attached hydrogens (tertiary/aromatic N) is 3. The van der Waals surface area contributed by atoms with Gasteiger partial charge in [-0.1, -0.05) is 4.13 Å². The highest BCUT2D eigenvalue weighted by Gasteiger charge is 2.69. The summed E-state index contributed by atoms with van der Waals surface area (Å²) in [5.74, 6) is -8.85. The third-order valence-electron chi connectivity index (χ3n) is 3.67. The number of rotatable bonds is 8. The molecule has 0 bridgehead atoms. The van der Waals surface area contributed by atoms with E-state index >= 15 is 0 Å². The Labute approximate surface area is 166 Å². The number of nitrogens with one attached hydrogen (secondary N) is 1. The van der Waals surface area contributed by atoms with Crippen LogP contribution in [0.1, 0.15) is 0 Å². The molecule has 30 heavy (non-hydrogen) atoms. The first-order valence-electron chi connectivity index (χ1n) is 7.37. The summed E-state index contributed by atoms with van der Waals surface area (Å²) < 4.78 is 160. The zero-order valence-electron chi connectivity index (χ0n) is 14.4. The third-order valence-corrected chi connectivity index (χ3v) is 8.89. The molecular formula is C10H13F7N4O6S3. The summed E-state index contributed by atoms with van der Waals surface area (Å²) in [6.07, 6.45) is 0. The molecule has 0 aromatic rings. The Kier molecular flexibility index (Phi) is 7.44. The van der Waals surface area contributed by atoms with Gasteiger partial charge in [0, 0.05) is 26.2 Å². The number of hydrogen-bond acceptors (Lipinski definition) is 8. The van der Waals surface area contributed by atoms with Gasteiger partial charge in [-0.3, -0.25) is 4.90 Å². The largest absolute Gasteiger partial charge is 0.512 e. The van der Waals surface area contributed by atoms with Crippen LogP contribution in [0.5, 0.6) is 0 Å². The van der Waals surface area contributed by atoms with Crippen molar-refractivity contribution in [3.05, 3.63) is 0 Å². The molecule has 1 saturated heterocycles. The molecule has 0 aromatic heterocycles. The number of hydrogen-bond donors (Lipinski definition) is 1. The predicted molar refractivity (Wildman–Crippen MR) is 84.3 cm³/mol. The maximum absolute atomic E-state index is 13.9. The lowest BCUT2D eigenvalue weighted by Gasteiger charge is -2.34. The number of sulfonamides is 3. The lowest BCUT2D eigenvalue weighted by atomic mass is 10.4. The van der Waals surface area contributed by atoms with Crippen LogP contribution in [-0.2, 0) is 30.1 Å². The van der Waals surface area contributed by atoms with Gasteiger partial charge in [0.2, 0.25) is 10.0 Å². The molecule has 176 valence electrons. The van der Waals surface area contributed by atoms with Gasteiger partial charge >= 0.3 is 26.7 Å². The van der Waals surface area contributed by atoms with Crippen LogP contribution in [-0.4, -0.2) is 89.6 Å². The van der Waals surface area contributed by atoms with Gasteiger partial charge in [0.15, 0.2) is 0 Å². The van der Waals surface area contributed by atoms with Gasteiger partial charge in [0.05, 0.1) is 12.6 Å². The van der Waals surface area contributed by atoms with E-state index < -0.39 is 69.7 Å². The van der Waals surface area contributed by atoms with Crippen molar-refractivity contribution in [3.8, 4) is 6.07 Å². The fourth-order valence-corrected chi connectivity index (χ4v) is 6.16. The first kappa shape index (κ1) is 26.8. The molecule has 0 atom stereocenters.